The summed E-state index contributed by atoms with van der Waals surface area (Å²) in [6.45, 7) is 3.88. The Hall–Kier alpha value is -0.0235. The van der Waals surface area contributed by atoms with Crippen molar-refractivity contribution >= 4 is 5.97 Å². The predicted octanol–water partition coefficient (Wildman–Crippen LogP) is 3.66. The van der Waals surface area contributed by atoms with Crippen LogP contribution in [0.4, 0.5) is 0 Å². The van der Waals surface area contributed by atoms with E-state index < -0.39 is 11.4 Å². The molecule has 0 aromatic carbocycles. The zero-order chi connectivity index (χ0) is 11.6. The summed E-state index contributed by atoms with van der Waals surface area (Å²) in [4.78, 5) is 11.7. The van der Waals surface area contributed by atoms with Gasteiger partial charge in [-0.1, -0.05) is 45.4 Å². The van der Waals surface area contributed by atoms with Crippen molar-refractivity contribution in [3.63, 3.8) is 0 Å². The molecule has 2 saturated carbocycles. The molecule has 2 rings (SSSR count). The fourth-order valence-corrected chi connectivity index (χ4v) is 4.14. The van der Waals surface area contributed by atoms with E-state index in [1.165, 1.54) is 25.7 Å². The van der Waals surface area contributed by atoms with Crippen molar-refractivity contribution in [2.45, 2.75) is 57.8 Å². The molecule has 2 aliphatic carbocycles. The zero-order valence-corrected chi connectivity index (χ0v) is 11.5. The molecule has 0 amide bonds. The first-order valence-electron chi connectivity index (χ1n) is 6.73. The topological polar surface area (TPSA) is 37.3 Å². The Morgan fingerprint density at radius 2 is 1.88 bits per heavy atom. The summed E-state index contributed by atoms with van der Waals surface area (Å²) in [7, 11) is 0. The van der Waals surface area contributed by atoms with Crippen molar-refractivity contribution in [2.24, 2.45) is 17.3 Å². The van der Waals surface area contributed by atoms with Crippen LogP contribution < -0.4 is 0 Å². The van der Waals surface area contributed by atoms with Crippen LogP contribution in [0.25, 0.3) is 0 Å². The maximum Gasteiger partial charge on any atom is 0.309 e. The second-order valence-corrected chi connectivity index (χ2v) is 5.61. The Balaban J connectivity index is 0.00000144. The molecule has 0 bridgehead atoms. The number of aliphatic carboxylic acids is 1. The van der Waals surface area contributed by atoms with Gasteiger partial charge in [0.05, 0.1) is 5.41 Å². The van der Waals surface area contributed by atoms with E-state index in [0.717, 1.165) is 32.1 Å². The summed E-state index contributed by atoms with van der Waals surface area (Å²) in [5.74, 6) is 0.576. The summed E-state index contributed by atoms with van der Waals surface area (Å²) in [5, 5.41) is 9.63. The smallest absolute Gasteiger partial charge is 0.309 e. The van der Waals surface area contributed by atoms with Crippen LogP contribution in [0.2, 0.25) is 0 Å². The van der Waals surface area contributed by atoms with Gasteiger partial charge in [0.25, 0.3) is 0 Å². The molecule has 2 nitrogen and oxygen atoms in total. The van der Waals surface area contributed by atoms with E-state index >= 15 is 0 Å². The van der Waals surface area contributed by atoms with Gasteiger partial charge in [-0.15, -0.1) is 0 Å². The quantitative estimate of drug-likeness (QED) is 0.857. The number of rotatable bonds is 3. The molecule has 2 fully saturated rings. The number of hydrogen-bond donors (Lipinski definition) is 1. The van der Waals surface area contributed by atoms with Crippen LogP contribution in [-0.4, -0.2) is 11.1 Å². The van der Waals surface area contributed by atoms with Gasteiger partial charge in [0.15, 0.2) is 0 Å². The van der Waals surface area contributed by atoms with Crippen molar-refractivity contribution in [3.8, 4) is 0 Å². The minimum atomic E-state index is -0.548. The third kappa shape index (κ3) is 2.70. The molecule has 0 aromatic heterocycles. The Morgan fingerprint density at radius 3 is 2.53 bits per heavy atom. The SMILES string of the molecule is [CH2]CCC1(C(=O)O)CCCC2CCCCC21.[Co]. The second-order valence-electron chi connectivity index (χ2n) is 5.61. The van der Waals surface area contributed by atoms with Crippen LogP contribution in [0.5, 0.6) is 0 Å². The molecule has 0 spiro atoms. The van der Waals surface area contributed by atoms with Gasteiger partial charge in [0, 0.05) is 16.8 Å². The summed E-state index contributed by atoms with van der Waals surface area (Å²) in [5.41, 5.74) is -0.426. The predicted molar refractivity (Wildman–Crippen MR) is 64.0 cm³/mol. The minimum Gasteiger partial charge on any atom is -0.481 e. The molecule has 3 unspecified atom stereocenters. The van der Waals surface area contributed by atoms with E-state index in [1.54, 1.807) is 0 Å². The van der Waals surface area contributed by atoms with E-state index in [-0.39, 0.29) is 16.8 Å². The van der Waals surface area contributed by atoms with Crippen molar-refractivity contribution in [1.29, 1.82) is 0 Å². The Bertz CT molecular complexity index is 261. The largest absolute Gasteiger partial charge is 0.481 e. The van der Waals surface area contributed by atoms with Gasteiger partial charge in [-0.2, -0.15) is 0 Å². The number of carbonyl (C=O) groups is 1. The van der Waals surface area contributed by atoms with Crippen molar-refractivity contribution in [3.05, 3.63) is 6.92 Å². The van der Waals surface area contributed by atoms with Gasteiger partial charge in [-0.25, -0.2) is 0 Å². The Kier molecular flexibility index (Phi) is 5.51. The molecule has 1 N–H and O–H groups in total. The molecule has 3 heteroatoms. The standard InChI is InChI=1S/C14H23O2.Co/c1-2-9-14(13(15)16)10-5-7-11-6-3-4-8-12(11)14;/h11-12H,1-10H2,(H,15,16);. The van der Waals surface area contributed by atoms with Gasteiger partial charge in [-0.05, 0) is 31.1 Å². The summed E-state index contributed by atoms with van der Waals surface area (Å²) < 4.78 is 0. The van der Waals surface area contributed by atoms with Gasteiger partial charge < -0.3 is 5.11 Å². The second kappa shape index (κ2) is 6.23. The average Bonchev–Trinajstić information content (AvgIpc) is 2.29. The number of carboxylic acid groups (broad SMARTS) is 1. The third-order valence-corrected chi connectivity index (χ3v) is 4.87. The maximum atomic E-state index is 11.7. The Morgan fingerprint density at radius 1 is 1.24 bits per heavy atom. The summed E-state index contributed by atoms with van der Waals surface area (Å²) in [6, 6.07) is 0. The van der Waals surface area contributed by atoms with E-state index in [4.69, 9.17) is 0 Å². The molecular formula is C14H23CoO2. The average molecular weight is 282 g/mol. The first kappa shape index (κ1) is 15.0. The van der Waals surface area contributed by atoms with Gasteiger partial charge >= 0.3 is 5.97 Å². The summed E-state index contributed by atoms with van der Waals surface area (Å²) in [6.07, 6.45) is 9.73. The normalized spacial score (nSPS) is 36.8. The molecule has 0 aliphatic heterocycles. The van der Waals surface area contributed by atoms with Crippen LogP contribution in [-0.2, 0) is 21.6 Å². The van der Waals surface area contributed by atoms with Crippen LogP contribution in [0.1, 0.15) is 57.8 Å². The molecule has 0 saturated heterocycles. The van der Waals surface area contributed by atoms with Crippen LogP contribution >= 0.6 is 0 Å². The monoisotopic (exact) mass is 282 g/mol. The first-order valence-corrected chi connectivity index (χ1v) is 6.73. The van der Waals surface area contributed by atoms with Crippen molar-refractivity contribution in [1.82, 2.24) is 0 Å². The molecular weight excluding hydrogens is 259 g/mol. The molecule has 2 radical (unpaired) electrons. The van der Waals surface area contributed by atoms with Crippen LogP contribution in [0, 0.1) is 24.2 Å². The van der Waals surface area contributed by atoms with E-state index in [2.05, 4.69) is 6.92 Å². The molecule has 100 valence electrons. The molecule has 0 aromatic rings. The molecule has 2 aliphatic rings. The summed E-state index contributed by atoms with van der Waals surface area (Å²) >= 11 is 0. The van der Waals surface area contributed by atoms with Crippen LogP contribution in [0.3, 0.4) is 0 Å². The van der Waals surface area contributed by atoms with Crippen molar-refractivity contribution < 1.29 is 26.7 Å². The van der Waals surface area contributed by atoms with Gasteiger partial charge in [-0.3, -0.25) is 4.79 Å². The van der Waals surface area contributed by atoms with Crippen molar-refractivity contribution in [2.75, 3.05) is 0 Å². The van der Waals surface area contributed by atoms with Crippen LogP contribution in [0.15, 0.2) is 0 Å². The van der Waals surface area contributed by atoms with E-state index in [0.29, 0.717) is 11.8 Å². The maximum absolute atomic E-state index is 11.7. The molecule has 17 heavy (non-hydrogen) atoms. The fourth-order valence-electron chi connectivity index (χ4n) is 4.14. The number of carboxylic acids is 1. The first-order chi connectivity index (χ1) is 7.70. The Labute approximate surface area is 115 Å². The fraction of sp³-hybridized carbons (Fsp3) is 0.857. The number of hydrogen-bond acceptors (Lipinski definition) is 1. The van der Waals surface area contributed by atoms with Gasteiger partial charge in [0.1, 0.15) is 0 Å². The van der Waals surface area contributed by atoms with Gasteiger partial charge in [0.2, 0.25) is 0 Å². The minimum absolute atomic E-state index is 0. The van der Waals surface area contributed by atoms with E-state index in [9.17, 15) is 9.90 Å². The molecule has 0 heterocycles. The molecule has 3 atom stereocenters. The van der Waals surface area contributed by atoms with E-state index in [1.807, 2.05) is 0 Å². The third-order valence-electron chi connectivity index (χ3n) is 4.87. The number of fused-ring (bicyclic) bond motifs is 1. The zero-order valence-electron chi connectivity index (χ0n) is 10.4.